The zero-order chi connectivity index (χ0) is 13.8. The number of benzene rings is 1. The Kier molecular flexibility index (Phi) is 4.67. The molecule has 0 unspecified atom stereocenters. The van der Waals surface area contributed by atoms with Gasteiger partial charge in [0.1, 0.15) is 11.4 Å². The molecule has 1 aromatic rings. The Labute approximate surface area is 109 Å². The summed E-state index contributed by atoms with van der Waals surface area (Å²) in [6, 6.07) is 5.58. The number of rotatable bonds is 4. The predicted octanol–water partition coefficient (Wildman–Crippen LogP) is 0.663. The molecule has 0 heterocycles. The van der Waals surface area contributed by atoms with Crippen LogP contribution in [0.2, 0.25) is 5.02 Å². The van der Waals surface area contributed by atoms with Gasteiger partial charge in [0.15, 0.2) is 0 Å². The zero-order valence-corrected chi connectivity index (χ0v) is 10.9. The average Bonchev–Trinajstić information content (AvgIpc) is 2.35. The van der Waals surface area contributed by atoms with Gasteiger partial charge in [0, 0.05) is 0 Å². The van der Waals surface area contributed by atoms with Gasteiger partial charge in [-0.2, -0.15) is 9.98 Å². The first-order chi connectivity index (χ1) is 8.40. The van der Waals surface area contributed by atoms with Crippen LogP contribution in [0, 0.1) is 11.3 Å². The molecule has 0 saturated heterocycles. The number of halogens is 1. The third kappa shape index (κ3) is 3.43. The van der Waals surface area contributed by atoms with Gasteiger partial charge < -0.3 is 4.74 Å². The lowest BCUT2D eigenvalue weighted by Crippen LogP contribution is -2.30. The van der Waals surface area contributed by atoms with E-state index in [2.05, 4.69) is 4.74 Å². The van der Waals surface area contributed by atoms with Gasteiger partial charge in [0.2, 0.25) is 10.0 Å². The van der Waals surface area contributed by atoms with Gasteiger partial charge in [0.05, 0.1) is 23.8 Å². The molecule has 8 heteroatoms. The van der Waals surface area contributed by atoms with E-state index in [4.69, 9.17) is 16.9 Å². The van der Waals surface area contributed by atoms with Gasteiger partial charge in [-0.25, -0.2) is 8.42 Å². The maximum atomic E-state index is 11.8. The number of nitrogens with one attached hydrogen (secondary N) is 1. The first-order valence-electron chi connectivity index (χ1n) is 4.67. The average molecular weight is 289 g/mol. The van der Waals surface area contributed by atoms with Crippen molar-refractivity contribution in [3.63, 3.8) is 0 Å². The van der Waals surface area contributed by atoms with Crippen LogP contribution in [-0.2, 0) is 19.6 Å². The zero-order valence-electron chi connectivity index (χ0n) is 9.31. The van der Waals surface area contributed by atoms with Crippen molar-refractivity contribution in [1.82, 2.24) is 4.72 Å². The Morgan fingerprint density at radius 3 is 2.72 bits per heavy atom. The molecule has 0 aliphatic carbocycles. The molecule has 0 aliphatic rings. The summed E-state index contributed by atoms with van der Waals surface area (Å²) >= 11 is 5.76. The molecule has 0 aliphatic heterocycles. The van der Waals surface area contributed by atoms with E-state index in [1.54, 1.807) is 0 Å². The molecule has 0 spiro atoms. The van der Waals surface area contributed by atoms with Crippen molar-refractivity contribution < 1.29 is 17.9 Å². The molecule has 96 valence electrons. The summed E-state index contributed by atoms with van der Waals surface area (Å²) in [7, 11) is -2.77. The number of methoxy groups -OCH3 is 1. The fourth-order valence-electron chi connectivity index (χ4n) is 1.09. The van der Waals surface area contributed by atoms with E-state index in [0.717, 1.165) is 7.11 Å². The number of carbonyl (C=O) groups excluding carboxylic acids is 1. The van der Waals surface area contributed by atoms with Crippen LogP contribution in [-0.4, -0.2) is 28.0 Å². The normalized spacial score (nSPS) is 10.7. The number of sulfonamides is 1. The van der Waals surface area contributed by atoms with Gasteiger partial charge in [-0.15, -0.1) is 0 Å². The van der Waals surface area contributed by atoms with Crippen molar-refractivity contribution >= 4 is 27.6 Å². The fraction of sp³-hybridized carbons (Fsp3) is 0.200. The molecule has 6 nitrogen and oxygen atoms in total. The third-order valence-corrected chi connectivity index (χ3v) is 3.87. The van der Waals surface area contributed by atoms with Gasteiger partial charge in [-0.1, -0.05) is 11.6 Å². The maximum absolute atomic E-state index is 11.8. The number of carbonyl (C=O) groups is 1. The summed E-state index contributed by atoms with van der Waals surface area (Å²) in [5.74, 6) is -0.719. The number of esters is 1. The second-order valence-corrected chi connectivity index (χ2v) is 5.30. The van der Waals surface area contributed by atoms with Crippen LogP contribution in [0.25, 0.3) is 0 Å². The largest absolute Gasteiger partial charge is 0.468 e. The van der Waals surface area contributed by atoms with Crippen molar-refractivity contribution in [2.75, 3.05) is 13.7 Å². The summed E-state index contributed by atoms with van der Waals surface area (Å²) in [5.41, 5.74) is 0.243. The molecule has 0 fully saturated rings. The second kappa shape index (κ2) is 5.82. The van der Waals surface area contributed by atoms with Crippen molar-refractivity contribution in [1.29, 1.82) is 5.26 Å². The molecule has 0 atom stereocenters. The number of nitriles is 1. The molecule has 1 rings (SSSR count). The molecule has 0 bridgehead atoms. The van der Waals surface area contributed by atoms with E-state index >= 15 is 0 Å². The highest BCUT2D eigenvalue weighted by molar-refractivity contribution is 7.89. The SMILES string of the molecule is COC(=O)CNS(=O)(=O)c1ccc(C#N)cc1Cl. The van der Waals surface area contributed by atoms with Crippen molar-refractivity contribution in [2.45, 2.75) is 4.90 Å². The molecule has 0 radical (unpaired) electrons. The topological polar surface area (TPSA) is 96.3 Å². The van der Waals surface area contributed by atoms with Gasteiger partial charge in [-0.3, -0.25) is 4.79 Å². The Morgan fingerprint density at radius 1 is 1.56 bits per heavy atom. The number of hydrogen-bond acceptors (Lipinski definition) is 5. The lowest BCUT2D eigenvalue weighted by molar-refractivity contribution is -0.139. The van der Waals surface area contributed by atoms with E-state index in [0.29, 0.717) is 0 Å². The van der Waals surface area contributed by atoms with E-state index < -0.39 is 22.5 Å². The highest BCUT2D eigenvalue weighted by atomic mass is 35.5. The monoisotopic (exact) mass is 288 g/mol. The van der Waals surface area contributed by atoms with Gasteiger partial charge in [-0.05, 0) is 18.2 Å². The minimum Gasteiger partial charge on any atom is -0.468 e. The quantitative estimate of drug-likeness (QED) is 0.821. The van der Waals surface area contributed by atoms with Crippen molar-refractivity contribution in [2.24, 2.45) is 0 Å². The molecule has 18 heavy (non-hydrogen) atoms. The van der Waals surface area contributed by atoms with E-state index in [9.17, 15) is 13.2 Å². The Balaban J connectivity index is 2.99. The smallest absolute Gasteiger partial charge is 0.320 e. The summed E-state index contributed by atoms with van der Waals surface area (Å²) in [6.07, 6.45) is 0. The number of hydrogen-bond donors (Lipinski definition) is 1. The van der Waals surface area contributed by atoms with Crippen LogP contribution in [0.1, 0.15) is 5.56 Å². The van der Waals surface area contributed by atoms with Gasteiger partial charge >= 0.3 is 5.97 Å². The summed E-state index contributed by atoms with van der Waals surface area (Å²) in [6.45, 7) is -0.491. The summed E-state index contributed by atoms with van der Waals surface area (Å²) in [4.78, 5) is 10.6. The Hall–Kier alpha value is -1.62. The first kappa shape index (κ1) is 14.4. The number of ether oxygens (including phenoxy) is 1. The molecular weight excluding hydrogens is 280 g/mol. The first-order valence-corrected chi connectivity index (χ1v) is 6.53. The third-order valence-electron chi connectivity index (χ3n) is 1.98. The maximum Gasteiger partial charge on any atom is 0.320 e. The standard InChI is InChI=1S/C10H9ClN2O4S/c1-17-10(14)6-13-18(15,16)9-3-2-7(5-12)4-8(9)11/h2-4,13H,6H2,1H3. The van der Waals surface area contributed by atoms with Crippen LogP contribution in [0.3, 0.4) is 0 Å². The lowest BCUT2D eigenvalue weighted by Gasteiger charge is -2.07. The Morgan fingerprint density at radius 2 is 2.22 bits per heavy atom. The summed E-state index contributed by atoms with van der Waals surface area (Å²) < 4.78 is 29.9. The fourth-order valence-corrected chi connectivity index (χ4v) is 2.60. The Bertz CT molecular complexity index is 607. The van der Waals surface area contributed by atoms with Crippen LogP contribution in [0.15, 0.2) is 23.1 Å². The van der Waals surface area contributed by atoms with E-state index in [-0.39, 0.29) is 15.5 Å². The van der Waals surface area contributed by atoms with E-state index in [1.165, 1.54) is 18.2 Å². The van der Waals surface area contributed by atoms with E-state index in [1.807, 2.05) is 10.8 Å². The van der Waals surface area contributed by atoms with Crippen LogP contribution >= 0.6 is 11.6 Å². The second-order valence-electron chi connectivity index (χ2n) is 3.16. The molecular formula is C10H9ClN2O4S. The van der Waals surface area contributed by atoms with Crippen molar-refractivity contribution in [3.05, 3.63) is 28.8 Å². The van der Waals surface area contributed by atoms with Crippen LogP contribution in [0.4, 0.5) is 0 Å². The minimum absolute atomic E-state index is 0.0913. The highest BCUT2D eigenvalue weighted by Gasteiger charge is 2.19. The summed E-state index contributed by atoms with van der Waals surface area (Å²) in [5, 5.41) is 8.54. The van der Waals surface area contributed by atoms with Crippen LogP contribution in [0.5, 0.6) is 0 Å². The molecule has 1 N–H and O–H groups in total. The molecule has 0 aromatic heterocycles. The molecule has 0 amide bonds. The predicted molar refractivity (Wildman–Crippen MR) is 63.4 cm³/mol. The number of nitrogens with zero attached hydrogens (tertiary/aromatic N) is 1. The molecule has 1 aromatic carbocycles. The molecule has 0 saturated carbocycles. The lowest BCUT2D eigenvalue weighted by atomic mass is 10.2. The van der Waals surface area contributed by atoms with Crippen LogP contribution < -0.4 is 4.72 Å². The highest BCUT2D eigenvalue weighted by Crippen LogP contribution is 2.22. The van der Waals surface area contributed by atoms with Gasteiger partial charge in [0.25, 0.3) is 0 Å². The minimum atomic E-state index is -3.91. The van der Waals surface area contributed by atoms with Crippen molar-refractivity contribution in [3.8, 4) is 6.07 Å².